The maximum Gasteiger partial charge on any atom is 0.178 e. The average Bonchev–Trinajstić information content (AvgIpc) is 3.40. The number of unbranched alkanes of at least 4 members (excludes halogenated alkanes) is 18. The smallest absolute Gasteiger partial charge is 0.178 e. The van der Waals surface area contributed by atoms with E-state index >= 15 is 0 Å². The van der Waals surface area contributed by atoms with Gasteiger partial charge < -0.3 is 9.47 Å². The van der Waals surface area contributed by atoms with Gasteiger partial charge in [0.15, 0.2) is 11.5 Å². The van der Waals surface area contributed by atoms with Gasteiger partial charge in [-0.15, -0.1) is 5.10 Å². The fraction of sp³-hybridized carbons (Fsp3) is 0.800. The predicted octanol–water partition coefficient (Wildman–Crippen LogP) is 11.8. The van der Waals surface area contributed by atoms with E-state index in [-0.39, 0.29) is 0 Å². The average molecular weight is 663 g/mol. The molecule has 1 aromatic carbocycles. The van der Waals surface area contributed by atoms with Crippen LogP contribution < -0.4 is 9.47 Å². The topological polar surface area (TPSA) is 44.2 Å². The molecule has 0 unspecified atom stereocenters. The van der Waals surface area contributed by atoms with Crippen molar-refractivity contribution in [3.05, 3.63) is 8.95 Å². The second-order valence-corrected chi connectivity index (χ2v) is 12.6. The molecule has 0 saturated heterocycles. The summed E-state index contributed by atoms with van der Waals surface area (Å²) >= 11 is 8.86. The van der Waals surface area contributed by atoms with Crippen LogP contribution in [0.2, 0.25) is 0 Å². The molecular formula is C30H50Br2N2O2S. The molecule has 0 radical (unpaired) electrons. The fourth-order valence-corrected chi connectivity index (χ4v) is 6.68. The van der Waals surface area contributed by atoms with E-state index in [1.807, 2.05) is 0 Å². The third-order valence-corrected chi connectivity index (χ3v) is 9.49. The highest BCUT2D eigenvalue weighted by atomic mass is 79.9. The highest BCUT2D eigenvalue weighted by Gasteiger charge is 2.22. The van der Waals surface area contributed by atoms with Crippen LogP contribution in [0, 0.1) is 0 Å². The van der Waals surface area contributed by atoms with Gasteiger partial charge in [-0.2, -0.15) is 0 Å². The van der Waals surface area contributed by atoms with E-state index in [2.05, 4.69) is 55.3 Å². The van der Waals surface area contributed by atoms with Gasteiger partial charge in [0.25, 0.3) is 0 Å². The summed E-state index contributed by atoms with van der Waals surface area (Å²) in [5.41, 5.74) is 0.834. The van der Waals surface area contributed by atoms with Crippen LogP contribution in [0.3, 0.4) is 0 Å². The molecule has 0 atom stereocenters. The Bertz CT molecular complexity index is 781. The van der Waals surface area contributed by atoms with E-state index in [9.17, 15) is 0 Å². The van der Waals surface area contributed by atoms with E-state index in [1.165, 1.54) is 127 Å². The first-order chi connectivity index (χ1) is 18.2. The third kappa shape index (κ3) is 13.0. The van der Waals surface area contributed by atoms with Gasteiger partial charge in [0.1, 0.15) is 5.52 Å². The van der Waals surface area contributed by atoms with Gasteiger partial charge >= 0.3 is 0 Å². The molecule has 212 valence electrons. The van der Waals surface area contributed by atoms with Crippen molar-refractivity contribution in [3.63, 3.8) is 0 Å². The second kappa shape index (κ2) is 21.4. The lowest BCUT2D eigenvalue weighted by atomic mass is 10.1. The first-order valence-corrected chi connectivity index (χ1v) is 17.4. The molecule has 7 heteroatoms. The Kier molecular flexibility index (Phi) is 19.0. The number of nitrogens with zero attached hydrogens (tertiary/aromatic N) is 2. The largest absolute Gasteiger partial charge is 0.488 e. The van der Waals surface area contributed by atoms with E-state index in [0.29, 0.717) is 13.2 Å². The van der Waals surface area contributed by atoms with Gasteiger partial charge in [0.05, 0.1) is 26.9 Å². The lowest BCUT2D eigenvalue weighted by Crippen LogP contribution is -2.04. The van der Waals surface area contributed by atoms with Gasteiger partial charge in [-0.05, 0) is 56.2 Å². The van der Waals surface area contributed by atoms with E-state index in [1.54, 1.807) is 0 Å². The normalized spacial score (nSPS) is 11.5. The molecule has 0 saturated carbocycles. The maximum absolute atomic E-state index is 6.30. The van der Waals surface area contributed by atoms with Gasteiger partial charge in [-0.3, -0.25) is 0 Å². The minimum atomic E-state index is 0.694. The molecule has 37 heavy (non-hydrogen) atoms. The summed E-state index contributed by atoms with van der Waals surface area (Å²) in [6, 6.07) is 0. The minimum absolute atomic E-state index is 0.694. The molecule has 2 rings (SSSR count). The SMILES string of the molecule is CCCCCCCCCCCCOc1c(OCCCCCCCCCCCC)c(Br)c2snnc2c1Br. The summed E-state index contributed by atoms with van der Waals surface area (Å²) in [5, 5.41) is 4.30. The Hall–Kier alpha value is -0.400. The van der Waals surface area contributed by atoms with Crippen LogP contribution in [0.4, 0.5) is 0 Å². The maximum atomic E-state index is 6.30. The van der Waals surface area contributed by atoms with Crippen molar-refractivity contribution in [2.24, 2.45) is 0 Å². The van der Waals surface area contributed by atoms with Crippen molar-refractivity contribution < 1.29 is 9.47 Å². The Morgan fingerprint density at radius 3 is 1.35 bits per heavy atom. The van der Waals surface area contributed by atoms with Crippen LogP contribution in [-0.4, -0.2) is 22.8 Å². The second-order valence-electron chi connectivity index (χ2n) is 10.3. The van der Waals surface area contributed by atoms with Crippen LogP contribution in [0.1, 0.15) is 142 Å². The molecule has 0 fully saturated rings. The number of aromatic nitrogens is 2. The Labute approximate surface area is 247 Å². The molecule has 0 spiro atoms. The molecule has 0 N–H and O–H groups in total. The van der Waals surface area contributed by atoms with Crippen LogP contribution in [0.25, 0.3) is 10.2 Å². The lowest BCUT2D eigenvalue weighted by Gasteiger charge is -2.16. The van der Waals surface area contributed by atoms with Crippen molar-refractivity contribution in [1.29, 1.82) is 0 Å². The van der Waals surface area contributed by atoms with Crippen molar-refractivity contribution in [2.45, 2.75) is 142 Å². The molecule has 0 aliphatic heterocycles. The molecule has 4 nitrogen and oxygen atoms in total. The predicted molar refractivity (Wildman–Crippen MR) is 167 cm³/mol. The summed E-state index contributed by atoms with van der Waals surface area (Å²) in [6.07, 6.45) is 26.4. The highest BCUT2D eigenvalue weighted by molar-refractivity contribution is 9.11. The van der Waals surface area contributed by atoms with Crippen molar-refractivity contribution in [3.8, 4) is 11.5 Å². The summed E-state index contributed by atoms with van der Waals surface area (Å²) in [5.74, 6) is 1.54. The number of benzene rings is 1. The Morgan fingerprint density at radius 1 is 0.541 bits per heavy atom. The van der Waals surface area contributed by atoms with E-state index < -0.39 is 0 Å². The first-order valence-electron chi connectivity index (χ1n) is 15.1. The van der Waals surface area contributed by atoms with Crippen LogP contribution in [0.15, 0.2) is 8.95 Å². The summed E-state index contributed by atoms with van der Waals surface area (Å²) < 4.78 is 19.5. The molecule has 1 heterocycles. The van der Waals surface area contributed by atoms with Gasteiger partial charge in [0.2, 0.25) is 0 Å². The van der Waals surface area contributed by atoms with Crippen molar-refractivity contribution in [2.75, 3.05) is 13.2 Å². The lowest BCUT2D eigenvalue weighted by molar-refractivity contribution is 0.256. The Balaban J connectivity index is 1.72. The molecule has 0 aliphatic rings. The van der Waals surface area contributed by atoms with E-state index in [4.69, 9.17) is 9.47 Å². The standard InChI is InChI=1S/C30H50Br2N2O2S/c1-3-5-7-9-11-13-15-17-19-21-23-35-28-25(31)27-30(37-34-33-27)26(32)29(28)36-24-22-20-18-16-14-12-10-8-6-4-2/h3-24H2,1-2H3. The quantitative estimate of drug-likeness (QED) is 0.105. The monoisotopic (exact) mass is 660 g/mol. The van der Waals surface area contributed by atoms with Gasteiger partial charge in [0, 0.05) is 0 Å². The van der Waals surface area contributed by atoms with E-state index in [0.717, 1.165) is 43.5 Å². The van der Waals surface area contributed by atoms with Crippen molar-refractivity contribution in [1.82, 2.24) is 9.59 Å². The first kappa shape index (κ1) is 32.8. The van der Waals surface area contributed by atoms with Crippen LogP contribution in [-0.2, 0) is 0 Å². The fourth-order valence-electron chi connectivity index (χ4n) is 4.67. The highest BCUT2D eigenvalue weighted by Crippen LogP contribution is 2.48. The van der Waals surface area contributed by atoms with Gasteiger partial charge in [-0.25, -0.2) is 0 Å². The number of hydrogen-bond acceptors (Lipinski definition) is 5. The molecule has 0 bridgehead atoms. The molecule has 0 amide bonds. The zero-order chi connectivity index (χ0) is 26.6. The number of hydrogen-bond donors (Lipinski definition) is 0. The zero-order valence-electron chi connectivity index (χ0n) is 23.4. The van der Waals surface area contributed by atoms with Gasteiger partial charge in [-0.1, -0.05) is 134 Å². The molecule has 2 aromatic rings. The summed E-state index contributed by atoms with van der Waals surface area (Å²) in [4.78, 5) is 0. The van der Waals surface area contributed by atoms with Crippen LogP contribution >= 0.6 is 43.4 Å². The number of fused-ring (bicyclic) bond motifs is 1. The molecule has 1 aromatic heterocycles. The Morgan fingerprint density at radius 2 is 0.919 bits per heavy atom. The molecular weight excluding hydrogens is 612 g/mol. The third-order valence-electron chi connectivity index (χ3n) is 6.99. The summed E-state index contributed by atoms with van der Waals surface area (Å²) in [7, 11) is 0. The zero-order valence-corrected chi connectivity index (χ0v) is 27.4. The number of halogens is 2. The number of rotatable bonds is 24. The van der Waals surface area contributed by atoms with Crippen LogP contribution in [0.5, 0.6) is 11.5 Å². The number of ether oxygens (including phenoxy) is 2. The van der Waals surface area contributed by atoms with Crippen molar-refractivity contribution >= 4 is 53.6 Å². The molecule has 0 aliphatic carbocycles. The minimum Gasteiger partial charge on any atom is -0.488 e. The summed E-state index contributed by atoms with van der Waals surface area (Å²) in [6.45, 7) is 5.95.